The van der Waals surface area contributed by atoms with Crippen molar-refractivity contribution in [3.8, 4) is 0 Å². The van der Waals surface area contributed by atoms with E-state index in [0.29, 0.717) is 18.9 Å². The van der Waals surface area contributed by atoms with Gasteiger partial charge in [-0.25, -0.2) is 9.97 Å². The van der Waals surface area contributed by atoms with E-state index in [1.54, 1.807) is 0 Å². The molecule has 1 aliphatic rings. The number of rotatable bonds is 3. The number of aromatic nitrogens is 4. The number of hydrogen-bond donors (Lipinski definition) is 1. The molecule has 29 heavy (non-hydrogen) atoms. The Labute approximate surface area is 169 Å². The van der Waals surface area contributed by atoms with E-state index in [1.807, 2.05) is 29.6 Å². The molecule has 0 aliphatic carbocycles. The van der Waals surface area contributed by atoms with Gasteiger partial charge in [-0.05, 0) is 30.9 Å². The highest BCUT2D eigenvalue weighted by Gasteiger charge is 2.32. The number of fused-ring (bicyclic) bond motifs is 3. The minimum Gasteiger partial charge on any atom is -0.345 e. The summed E-state index contributed by atoms with van der Waals surface area (Å²) >= 11 is 0. The van der Waals surface area contributed by atoms with Crippen molar-refractivity contribution in [1.29, 1.82) is 0 Å². The zero-order chi connectivity index (χ0) is 20.0. The molecule has 1 fully saturated rings. The van der Waals surface area contributed by atoms with Crippen LogP contribution in [0.4, 0.5) is 0 Å². The van der Waals surface area contributed by atoms with E-state index in [4.69, 9.17) is 4.98 Å². The van der Waals surface area contributed by atoms with Crippen LogP contribution in [0.25, 0.3) is 16.7 Å². The zero-order valence-electron chi connectivity index (χ0n) is 16.8. The van der Waals surface area contributed by atoms with Crippen molar-refractivity contribution >= 4 is 22.6 Å². The molecule has 148 valence electrons. The molecule has 6 heteroatoms. The standard InChI is InChI=1S/C23H25N5O/c1-15-3-5-17(6-4-15)11-21(29)27-10-8-16(2)19(14-27)23-26-13-18-12-25-22-20(28(18)23)7-9-24-22/h3-7,9,12-13,16,19,24H,8,10-11,14H2,1-2H3. The van der Waals surface area contributed by atoms with Crippen LogP contribution in [0.5, 0.6) is 0 Å². The maximum atomic E-state index is 13.0. The first-order valence-corrected chi connectivity index (χ1v) is 10.2. The fraction of sp³-hybridized carbons (Fsp3) is 0.348. The van der Waals surface area contributed by atoms with Gasteiger partial charge in [0.05, 0.1) is 29.8 Å². The number of hydrogen-bond acceptors (Lipinski definition) is 3. The van der Waals surface area contributed by atoms with Gasteiger partial charge in [0.15, 0.2) is 5.65 Å². The van der Waals surface area contributed by atoms with Crippen molar-refractivity contribution in [3.05, 3.63) is 65.9 Å². The Morgan fingerprint density at radius 1 is 1.17 bits per heavy atom. The Morgan fingerprint density at radius 3 is 2.79 bits per heavy atom. The second-order valence-electron chi connectivity index (χ2n) is 8.22. The SMILES string of the molecule is Cc1ccc(CC(=O)N2CCC(C)C(c3ncc4cnc5[nH]ccc5n34)C2)cc1. The lowest BCUT2D eigenvalue weighted by Crippen LogP contribution is -2.43. The molecule has 0 radical (unpaired) electrons. The first kappa shape index (κ1) is 17.9. The lowest BCUT2D eigenvalue weighted by molar-refractivity contribution is -0.132. The van der Waals surface area contributed by atoms with E-state index in [2.05, 4.69) is 52.5 Å². The number of amides is 1. The van der Waals surface area contributed by atoms with Crippen LogP contribution < -0.4 is 0 Å². The Hall–Kier alpha value is -3.15. The zero-order valence-corrected chi connectivity index (χ0v) is 16.8. The Morgan fingerprint density at radius 2 is 1.97 bits per heavy atom. The van der Waals surface area contributed by atoms with Crippen LogP contribution in [0.15, 0.2) is 48.9 Å². The third kappa shape index (κ3) is 3.18. The summed E-state index contributed by atoms with van der Waals surface area (Å²) in [5.41, 5.74) is 5.16. The topological polar surface area (TPSA) is 66.3 Å². The number of H-pyrrole nitrogens is 1. The highest BCUT2D eigenvalue weighted by Crippen LogP contribution is 2.33. The van der Waals surface area contributed by atoms with Gasteiger partial charge in [0.25, 0.3) is 0 Å². The lowest BCUT2D eigenvalue weighted by Gasteiger charge is -2.36. The first-order chi connectivity index (χ1) is 14.1. The van der Waals surface area contributed by atoms with Crippen LogP contribution in [0.2, 0.25) is 0 Å². The average Bonchev–Trinajstić information content (AvgIpc) is 3.36. The fourth-order valence-corrected chi connectivity index (χ4v) is 4.39. The van der Waals surface area contributed by atoms with Gasteiger partial charge in [0.1, 0.15) is 5.82 Å². The van der Waals surface area contributed by atoms with Gasteiger partial charge < -0.3 is 9.88 Å². The Bertz CT molecular complexity index is 1170. The first-order valence-electron chi connectivity index (χ1n) is 10.2. The summed E-state index contributed by atoms with van der Waals surface area (Å²) in [5, 5.41) is 0. The van der Waals surface area contributed by atoms with Crippen molar-refractivity contribution in [3.63, 3.8) is 0 Å². The molecule has 1 amide bonds. The number of carbonyl (C=O) groups excluding carboxylic acids is 1. The van der Waals surface area contributed by atoms with Crippen LogP contribution in [0.3, 0.4) is 0 Å². The fourth-order valence-electron chi connectivity index (χ4n) is 4.39. The van der Waals surface area contributed by atoms with Crippen LogP contribution >= 0.6 is 0 Å². The molecule has 0 spiro atoms. The summed E-state index contributed by atoms with van der Waals surface area (Å²) in [7, 11) is 0. The summed E-state index contributed by atoms with van der Waals surface area (Å²) in [6.45, 7) is 5.85. The van der Waals surface area contributed by atoms with E-state index in [0.717, 1.165) is 41.0 Å². The molecule has 1 aliphatic heterocycles. The quantitative estimate of drug-likeness (QED) is 0.583. The van der Waals surface area contributed by atoms with Crippen LogP contribution in [-0.2, 0) is 11.2 Å². The number of imidazole rings is 1. The van der Waals surface area contributed by atoms with E-state index >= 15 is 0 Å². The molecule has 0 saturated carbocycles. The van der Waals surface area contributed by atoms with Crippen molar-refractivity contribution in [2.45, 2.75) is 32.6 Å². The van der Waals surface area contributed by atoms with E-state index in [9.17, 15) is 4.79 Å². The van der Waals surface area contributed by atoms with Crippen molar-refractivity contribution < 1.29 is 4.79 Å². The molecular weight excluding hydrogens is 362 g/mol. The van der Waals surface area contributed by atoms with Gasteiger partial charge in [-0.3, -0.25) is 9.20 Å². The van der Waals surface area contributed by atoms with Crippen molar-refractivity contribution in [1.82, 2.24) is 24.3 Å². The summed E-state index contributed by atoms with van der Waals surface area (Å²) in [6, 6.07) is 10.3. The molecule has 6 nitrogen and oxygen atoms in total. The Balaban J connectivity index is 1.43. The van der Waals surface area contributed by atoms with Gasteiger partial charge in [-0.15, -0.1) is 0 Å². The third-order valence-corrected chi connectivity index (χ3v) is 6.21. The number of aromatic amines is 1. The Kier molecular flexibility index (Phi) is 4.34. The van der Waals surface area contributed by atoms with E-state index < -0.39 is 0 Å². The van der Waals surface area contributed by atoms with Gasteiger partial charge >= 0.3 is 0 Å². The predicted molar refractivity (Wildman–Crippen MR) is 113 cm³/mol. The molecule has 2 atom stereocenters. The number of nitrogens with zero attached hydrogens (tertiary/aromatic N) is 4. The normalized spacial score (nSPS) is 19.9. The molecule has 1 saturated heterocycles. The molecule has 0 bridgehead atoms. The number of benzene rings is 1. The van der Waals surface area contributed by atoms with Gasteiger partial charge in [0, 0.05) is 25.2 Å². The average molecular weight is 387 g/mol. The summed E-state index contributed by atoms with van der Waals surface area (Å²) in [5.74, 6) is 1.88. The molecule has 1 N–H and O–H groups in total. The van der Waals surface area contributed by atoms with E-state index in [-0.39, 0.29) is 11.8 Å². The second-order valence-corrected chi connectivity index (χ2v) is 8.22. The van der Waals surface area contributed by atoms with Gasteiger partial charge in [-0.2, -0.15) is 0 Å². The predicted octanol–water partition coefficient (Wildman–Crippen LogP) is 3.71. The number of carbonyl (C=O) groups is 1. The molecule has 4 aromatic rings. The third-order valence-electron chi connectivity index (χ3n) is 6.21. The van der Waals surface area contributed by atoms with Crippen LogP contribution in [0.1, 0.15) is 36.2 Å². The number of aryl methyl sites for hydroxylation is 1. The van der Waals surface area contributed by atoms with Crippen LogP contribution in [0, 0.1) is 12.8 Å². The molecule has 4 heterocycles. The molecule has 2 unspecified atom stereocenters. The van der Waals surface area contributed by atoms with Crippen molar-refractivity contribution in [2.24, 2.45) is 5.92 Å². The lowest BCUT2D eigenvalue weighted by atomic mass is 9.86. The number of likely N-dealkylation sites (tertiary alicyclic amines) is 1. The highest BCUT2D eigenvalue weighted by atomic mass is 16.2. The largest absolute Gasteiger partial charge is 0.345 e. The number of nitrogens with one attached hydrogen (secondary N) is 1. The minimum absolute atomic E-state index is 0.195. The summed E-state index contributed by atoms with van der Waals surface area (Å²) < 4.78 is 2.19. The summed E-state index contributed by atoms with van der Waals surface area (Å²) in [4.78, 5) is 27.4. The molecular formula is C23H25N5O. The monoisotopic (exact) mass is 387 g/mol. The maximum Gasteiger partial charge on any atom is 0.227 e. The van der Waals surface area contributed by atoms with E-state index in [1.165, 1.54) is 5.56 Å². The van der Waals surface area contributed by atoms with Crippen molar-refractivity contribution in [2.75, 3.05) is 13.1 Å². The second kappa shape index (κ2) is 7.03. The van der Waals surface area contributed by atoms with Crippen LogP contribution in [-0.4, -0.2) is 43.2 Å². The summed E-state index contributed by atoms with van der Waals surface area (Å²) in [6.07, 6.45) is 7.08. The molecule has 5 rings (SSSR count). The maximum absolute atomic E-state index is 13.0. The number of piperidine rings is 1. The van der Waals surface area contributed by atoms with Gasteiger partial charge in [-0.1, -0.05) is 36.8 Å². The minimum atomic E-state index is 0.195. The smallest absolute Gasteiger partial charge is 0.227 e. The highest BCUT2D eigenvalue weighted by molar-refractivity contribution is 5.79. The molecule has 3 aromatic heterocycles. The van der Waals surface area contributed by atoms with Gasteiger partial charge in [0.2, 0.25) is 5.91 Å². The molecule has 1 aromatic carbocycles.